The van der Waals surface area contributed by atoms with Crippen molar-refractivity contribution in [2.75, 3.05) is 20.8 Å². The van der Waals surface area contributed by atoms with E-state index in [0.717, 1.165) is 6.08 Å². The molecule has 0 aromatic carbocycles. The molecular weight excluding hydrogens is 160 g/mol. The quantitative estimate of drug-likeness (QED) is 0.498. The fourth-order valence-corrected chi connectivity index (χ4v) is 0.262. The molecule has 0 saturated carbocycles. The fraction of sp³-hybridized carbons (Fsp3) is 0.625. The van der Waals surface area contributed by atoms with Crippen LogP contribution >= 0.6 is 0 Å². The maximum atomic E-state index is 10.3. The van der Waals surface area contributed by atoms with Crippen molar-refractivity contribution in [1.29, 1.82) is 0 Å². The van der Waals surface area contributed by atoms with Crippen LogP contribution in [-0.2, 0) is 14.3 Å². The normalized spacial score (nSPS) is 10.7. The summed E-state index contributed by atoms with van der Waals surface area (Å²) in [7, 11) is 3.25. The number of hydrogen-bond donors (Lipinski definition) is 1. The molecule has 0 aliphatic rings. The first-order chi connectivity index (χ1) is 5.58. The maximum absolute atomic E-state index is 10.3. The highest BCUT2D eigenvalue weighted by Crippen LogP contribution is 1.83. The van der Waals surface area contributed by atoms with Gasteiger partial charge in [0.1, 0.15) is 6.61 Å². The molecule has 0 saturated heterocycles. The van der Waals surface area contributed by atoms with Crippen molar-refractivity contribution in [3.05, 3.63) is 12.7 Å². The summed E-state index contributed by atoms with van der Waals surface area (Å²) in [5, 5.41) is 8.59. The number of ether oxygens (including phenoxy) is 2. The Morgan fingerprint density at radius 2 is 2.08 bits per heavy atom. The molecule has 0 aromatic heterocycles. The van der Waals surface area contributed by atoms with E-state index in [1.54, 1.807) is 14.2 Å². The van der Waals surface area contributed by atoms with Gasteiger partial charge in [0.15, 0.2) is 0 Å². The average Bonchev–Trinajstić information content (AvgIpc) is 2.01. The molecule has 1 atom stereocenters. The summed E-state index contributed by atoms with van der Waals surface area (Å²) in [6, 6.07) is 0. The number of hydrogen-bond acceptors (Lipinski definition) is 4. The van der Waals surface area contributed by atoms with Crippen LogP contribution in [0.3, 0.4) is 0 Å². The molecule has 0 spiro atoms. The predicted octanol–water partition coefficient (Wildman–Crippen LogP) is 0.359. The molecule has 4 heteroatoms. The van der Waals surface area contributed by atoms with E-state index in [-0.39, 0.29) is 6.61 Å². The number of carbonyl (C=O) groups is 1. The highest BCUT2D eigenvalue weighted by atomic mass is 16.5. The van der Waals surface area contributed by atoms with E-state index in [1.807, 2.05) is 0 Å². The molecule has 0 bridgehead atoms. The van der Waals surface area contributed by atoms with Crippen LogP contribution in [-0.4, -0.2) is 38.0 Å². The third-order valence-electron chi connectivity index (χ3n) is 0.633. The van der Waals surface area contributed by atoms with Crippen molar-refractivity contribution in [2.45, 2.75) is 13.0 Å². The molecule has 1 N–H and O–H groups in total. The Hall–Kier alpha value is -0.870. The van der Waals surface area contributed by atoms with Crippen molar-refractivity contribution in [2.24, 2.45) is 0 Å². The molecule has 1 unspecified atom stereocenters. The highest BCUT2D eigenvalue weighted by Gasteiger charge is 1.97. The van der Waals surface area contributed by atoms with Crippen LogP contribution in [0.2, 0.25) is 0 Å². The summed E-state index contributed by atoms with van der Waals surface area (Å²) < 4.78 is 8.70. The number of rotatable bonds is 3. The Labute approximate surface area is 72.8 Å². The van der Waals surface area contributed by atoms with Gasteiger partial charge < -0.3 is 14.6 Å². The second kappa shape index (κ2) is 10.1. The smallest absolute Gasteiger partial charge is 0.330 e. The lowest BCUT2D eigenvalue weighted by atomic mass is 10.4. The van der Waals surface area contributed by atoms with Gasteiger partial charge in [0.25, 0.3) is 0 Å². The topological polar surface area (TPSA) is 55.8 Å². The highest BCUT2D eigenvalue weighted by molar-refractivity contribution is 5.81. The van der Waals surface area contributed by atoms with Crippen LogP contribution in [0.25, 0.3) is 0 Å². The molecule has 0 aliphatic heterocycles. The van der Waals surface area contributed by atoms with Gasteiger partial charge in [0, 0.05) is 20.3 Å². The molecule has 0 aliphatic carbocycles. The van der Waals surface area contributed by atoms with Crippen molar-refractivity contribution < 1.29 is 19.4 Å². The first-order valence-electron chi connectivity index (χ1n) is 3.45. The second-order valence-corrected chi connectivity index (χ2v) is 2.09. The Morgan fingerprint density at radius 3 is 2.33 bits per heavy atom. The molecule has 0 radical (unpaired) electrons. The predicted molar refractivity (Wildman–Crippen MR) is 45.8 cm³/mol. The summed E-state index contributed by atoms with van der Waals surface area (Å²) in [5.41, 5.74) is 0. The van der Waals surface area contributed by atoms with Gasteiger partial charge in [0.2, 0.25) is 0 Å². The Kier molecular flexibility index (Phi) is 11.6. The fourth-order valence-electron chi connectivity index (χ4n) is 0.262. The van der Waals surface area contributed by atoms with Gasteiger partial charge in [-0.05, 0) is 6.92 Å². The summed E-state index contributed by atoms with van der Waals surface area (Å²) >= 11 is 0. The first kappa shape index (κ1) is 13.7. The lowest BCUT2D eigenvalue weighted by molar-refractivity contribution is -0.140. The van der Waals surface area contributed by atoms with Crippen molar-refractivity contribution in [3.63, 3.8) is 0 Å². The van der Waals surface area contributed by atoms with E-state index in [9.17, 15) is 4.79 Å². The Morgan fingerprint density at radius 1 is 1.67 bits per heavy atom. The van der Waals surface area contributed by atoms with Gasteiger partial charge in [0.05, 0.1) is 6.10 Å². The van der Waals surface area contributed by atoms with Crippen molar-refractivity contribution in [1.82, 2.24) is 0 Å². The van der Waals surface area contributed by atoms with E-state index in [0.29, 0.717) is 0 Å². The van der Waals surface area contributed by atoms with E-state index >= 15 is 0 Å². The third kappa shape index (κ3) is 16.1. The van der Waals surface area contributed by atoms with Gasteiger partial charge in [-0.3, -0.25) is 0 Å². The van der Waals surface area contributed by atoms with Crippen LogP contribution in [0.5, 0.6) is 0 Å². The molecular formula is C8H16O4. The number of aliphatic hydroxyl groups excluding tert-OH is 1. The standard InChI is InChI=1S/C6H10O3.C2H6O/c1-3-6(8)9-4-5(2)7;1-3-2/h3,5,7H,1,4H2,2H3;1-2H3. The molecule has 0 amide bonds. The molecule has 0 fully saturated rings. The average molecular weight is 176 g/mol. The van der Waals surface area contributed by atoms with E-state index in [1.165, 1.54) is 6.92 Å². The van der Waals surface area contributed by atoms with Gasteiger partial charge in [-0.25, -0.2) is 4.79 Å². The minimum atomic E-state index is -0.603. The molecule has 4 nitrogen and oxygen atoms in total. The Balaban J connectivity index is 0. The van der Waals surface area contributed by atoms with E-state index in [2.05, 4.69) is 16.1 Å². The molecule has 12 heavy (non-hydrogen) atoms. The van der Waals surface area contributed by atoms with Crippen LogP contribution in [0.15, 0.2) is 12.7 Å². The monoisotopic (exact) mass is 176 g/mol. The SMILES string of the molecule is C=CC(=O)OCC(C)O.COC. The third-order valence-corrected chi connectivity index (χ3v) is 0.633. The van der Waals surface area contributed by atoms with Crippen LogP contribution in [0.1, 0.15) is 6.92 Å². The lowest BCUT2D eigenvalue weighted by Gasteiger charge is -2.02. The second-order valence-electron chi connectivity index (χ2n) is 2.09. The molecule has 0 heterocycles. The van der Waals surface area contributed by atoms with Gasteiger partial charge in [-0.15, -0.1) is 0 Å². The largest absolute Gasteiger partial charge is 0.460 e. The molecule has 0 aromatic rings. The summed E-state index contributed by atoms with van der Waals surface area (Å²) in [6.45, 7) is 4.75. The van der Waals surface area contributed by atoms with Gasteiger partial charge in [-0.1, -0.05) is 6.58 Å². The van der Waals surface area contributed by atoms with Crippen molar-refractivity contribution in [3.8, 4) is 0 Å². The van der Waals surface area contributed by atoms with Gasteiger partial charge >= 0.3 is 5.97 Å². The zero-order valence-corrected chi connectivity index (χ0v) is 7.74. The first-order valence-corrected chi connectivity index (χ1v) is 3.45. The zero-order chi connectivity index (χ0) is 9.98. The lowest BCUT2D eigenvalue weighted by Crippen LogP contribution is -2.13. The summed E-state index contributed by atoms with van der Waals surface area (Å²) in [4.78, 5) is 10.3. The molecule has 0 rings (SSSR count). The van der Waals surface area contributed by atoms with E-state index in [4.69, 9.17) is 5.11 Å². The van der Waals surface area contributed by atoms with Crippen LogP contribution < -0.4 is 0 Å². The number of aliphatic hydroxyl groups is 1. The molecule has 72 valence electrons. The van der Waals surface area contributed by atoms with Crippen molar-refractivity contribution >= 4 is 5.97 Å². The Bertz CT molecular complexity index is 120. The van der Waals surface area contributed by atoms with E-state index < -0.39 is 12.1 Å². The number of carbonyl (C=O) groups excluding carboxylic acids is 1. The van der Waals surface area contributed by atoms with Crippen LogP contribution in [0.4, 0.5) is 0 Å². The zero-order valence-electron chi connectivity index (χ0n) is 7.74. The maximum Gasteiger partial charge on any atom is 0.330 e. The summed E-state index contributed by atoms with van der Waals surface area (Å²) in [5.74, 6) is -0.504. The minimum absolute atomic E-state index is 0.0326. The number of methoxy groups -OCH3 is 1. The summed E-state index contributed by atoms with van der Waals surface area (Å²) in [6.07, 6.45) is 0.455. The minimum Gasteiger partial charge on any atom is -0.460 e. The van der Waals surface area contributed by atoms with Gasteiger partial charge in [-0.2, -0.15) is 0 Å². The van der Waals surface area contributed by atoms with Crippen LogP contribution in [0, 0.1) is 0 Å². The number of esters is 1.